The Morgan fingerprint density at radius 1 is 1.41 bits per heavy atom. The average Bonchev–Trinajstić information content (AvgIpc) is 2.72. The highest BCUT2D eigenvalue weighted by Crippen LogP contribution is 2.22. The van der Waals surface area contributed by atoms with Gasteiger partial charge in [-0.25, -0.2) is 4.79 Å². The number of methoxy groups -OCH3 is 1. The third kappa shape index (κ3) is 2.46. The summed E-state index contributed by atoms with van der Waals surface area (Å²) >= 11 is 0. The molecule has 90 valence electrons. The molecule has 17 heavy (non-hydrogen) atoms. The van der Waals surface area contributed by atoms with Gasteiger partial charge in [0.15, 0.2) is 0 Å². The molecule has 1 aromatic rings. The standard InChI is InChI=1S/C13H15NO3/c1-17-13(16)11-7-8-12(15)14(11)9-10-5-3-2-4-6-10/h2-6,11H,7-9H2,1H3/t11-/m0/s1. The van der Waals surface area contributed by atoms with Crippen LogP contribution in [-0.4, -0.2) is 29.9 Å². The third-order valence-corrected chi connectivity index (χ3v) is 3.00. The normalized spacial score (nSPS) is 19.5. The van der Waals surface area contributed by atoms with Gasteiger partial charge in [0.25, 0.3) is 0 Å². The summed E-state index contributed by atoms with van der Waals surface area (Å²) in [5, 5.41) is 0. The topological polar surface area (TPSA) is 46.6 Å². The summed E-state index contributed by atoms with van der Waals surface area (Å²) in [6.07, 6.45) is 0.977. The molecule has 1 atom stereocenters. The minimum atomic E-state index is -0.423. The third-order valence-electron chi connectivity index (χ3n) is 3.00. The molecule has 0 bridgehead atoms. The van der Waals surface area contributed by atoms with Gasteiger partial charge in [-0.1, -0.05) is 30.3 Å². The van der Waals surface area contributed by atoms with E-state index in [0.29, 0.717) is 19.4 Å². The zero-order chi connectivity index (χ0) is 12.3. The van der Waals surface area contributed by atoms with Gasteiger partial charge in [-0.2, -0.15) is 0 Å². The SMILES string of the molecule is COC(=O)[C@@H]1CCC(=O)N1Cc1ccccc1. The van der Waals surface area contributed by atoms with E-state index in [-0.39, 0.29) is 11.9 Å². The van der Waals surface area contributed by atoms with E-state index in [4.69, 9.17) is 4.74 Å². The second-order valence-electron chi connectivity index (χ2n) is 4.08. The summed E-state index contributed by atoms with van der Waals surface area (Å²) in [5.74, 6) is -0.309. The van der Waals surface area contributed by atoms with Crippen LogP contribution in [0.3, 0.4) is 0 Å². The Morgan fingerprint density at radius 3 is 2.76 bits per heavy atom. The molecule has 0 aliphatic carbocycles. The van der Waals surface area contributed by atoms with E-state index < -0.39 is 6.04 Å². The molecule has 0 unspecified atom stereocenters. The average molecular weight is 233 g/mol. The van der Waals surface area contributed by atoms with Gasteiger partial charge in [0.2, 0.25) is 5.91 Å². The van der Waals surface area contributed by atoms with E-state index in [2.05, 4.69) is 0 Å². The van der Waals surface area contributed by atoms with E-state index in [1.54, 1.807) is 4.90 Å². The molecular formula is C13H15NO3. The number of ether oxygens (including phenoxy) is 1. The monoisotopic (exact) mass is 233 g/mol. The molecule has 0 aromatic heterocycles. The fourth-order valence-electron chi connectivity index (χ4n) is 2.09. The van der Waals surface area contributed by atoms with E-state index in [1.165, 1.54) is 7.11 Å². The number of hydrogen-bond acceptors (Lipinski definition) is 3. The molecule has 1 amide bonds. The first-order valence-corrected chi connectivity index (χ1v) is 5.63. The maximum absolute atomic E-state index is 11.7. The first-order valence-electron chi connectivity index (χ1n) is 5.63. The molecule has 2 rings (SSSR count). The van der Waals surface area contributed by atoms with Crippen LogP contribution in [0.15, 0.2) is 30.3 Å². The molecule has 4 heteroatoms. The van der Waals surface area contributed by atoms with Crippen molar-refractivity contribution in [2.45, 2.75) is 25.4 Å². The highest BCUT2D eigenvalue weighted by Gasteiger charge is 2.36. The van der Waals surface area contributed by atoms with Gasteiger partial charge in [-0.05, 0) is 12.0 Å². The van der Waals surface area contributed by atoms with Crippen LogP contribution in [0.1, 0.15) is 18.4 Å². The van der Waals surface area contributed by atoms with Crippen molar-refractivity contribution in [3.8, 4) is 0 Å². The van der Waals surface area contributed by atoms with E-state index in [1.807, 2.05) is 30.3 Å². The molecule has 0 spiro atoms. The Morgan fingerprint density at radius 2 is 2.12 bits per heavy atom. The number of esters is 1. The lowest BCUT2D eigenvalue weighted by molar-refractivity contribution is -0.149. The predicted molar refractivity (Wildman–Crippen MR) is 62.0 cm³/mol. The zero-order valence-corrected chi connectivity index (χ0v) is 9.76. The lowest BCUT2D eigenvalue weighted by Crippen LogP contribution is -2.38. The first kappa shape index (κ1) is 11.6. The fourth-order valence-corrected chi connectivity index (χ4v) is 2.09. The number of likely N-dealkylation sites (tertiary alicyclic amines) is 1. The van der Waals surface area contributed by atoms with Gasteiger partial charge in [0.1, 0.15) is 6.04 Å². The largest absolute Gasteiger partial charge is 0.467 e. The van der Waals surface area contributed by atoms with Crippen LogP contribution in [0, 0.1) is 0 Å². The molecule has 1 aromatic carbocycles. The maximum atomic E-state index is 11.7. The second-order valence-corrected chi connectivity index (χ2v) is 4.08. The number of carbonyl (C=O) groups excluding carboxylic acids is 2. The first-order chi connectivity index (χ1) is 8.22. The highest BCUT2D eigenvalue weighted by molar-refractivity contribution is 5.88. The Kier molecular flexibility index (Phi) is 3.42. The van der Waals surface area contributed by atoms with Crippen LogP contribution in [0.4, 0.5) is 0 Å². The number of hydrogen-bond donors (Lipinski definition) is 0. The summed E-state index contributed by atoms with van der Waals surface area (Å²) in [4.78, 5) is 24.9. The van der Waals surface area contributed by atoms with Crippen molar-refractivity contribution in [3.63, 3.8) is 0 Å². The van der Waals surface area contributed by atoms with Crippen molar-refractivity contribution >= 4 is 11.9 Å². The van der Waals surface area contributed by atoms with Crippen LogP contribution in [0.2, 0.25) is 0 Å². The summed E-state index contributed by atoms with van der Waals surface area (Å²) in [6, 6.07) is 9.23. The minimum Gasteiger partial charge on any atom is -0.467 e. The Labute approximate surface area is 100 Å². The second kappa shape index (κ2) is 4.99. The molecule has 1 saturated heterocycles. The van der Waals surface area contributed by atoms with Crippen LogP contribution < -0.4 is 0 Å². The molecule has 0 N–H and O–H groups in total. The Bertz CT molecular complexity index is 416. The van der Waals surface area contributed by atoms with Crippen molar-refractivity contribution in [2.75, 3.05) is 7.11 Å². The molecule has 0 saturated carbocycles. The molecule has 1 heterocycles. The van der Waals surface area contributed by atoms with Gasteiger partial charge < -0.3 is 9.64 Å². The summed E-state index contributed by atoms with van der Waals surface area (Å²) < 4.78 is 4.72. The van der Waals surface area contributed by atoms with Crippen molar-refractivity contribution in [1.29, 1.82) is 0 Å². The zero-order valence-electron chi connectivity index (χ0n) is 9.76. The number of benzene rings is 1. The van der Waals surface area contributed by atoms with Crippen LogP contribution in [-0.2, 0) is 20.9 Å². The van der Waals surface area contributed by atoms with E-state index in [0.717, 1.165) is 5.56 Å². The number of nitrogens with zero attached hydrogens (tertiary/aromatic N) is 1. The predicted octanol–water partition coefficient (Wildman–Crippen LogP) is 1.35. The molecular weight excluding hydrogens is 218 g/mol. The molecule has 1 aliphatic rings. The molecule has 1 fully saturated rings. The fraction of sp³-hybridized carbons (Fsp3) is 0.385. The smallest absolute Gasteiger partial charge is 0.328 e. The van der Waals surface area contributed by atoms with Crippen molar-refractivity contribution < 1.29 is 14.3 Å². The van der Waals surface area contributed by atoms with E-state index in [9.17, 15) is 9.59 Å². The summed E-state index contributed by atoms with van der Waals surface area (Å²) in [5.41, 5.74) is 1.02. The number of amides is 1. The van der Waals surface area contributed by atoms with Gasteiger partial charge in [0.05, 0.1) is 7.11 Å². The quantitative estimate of drug-likeness (QED) is 0.740. The Balaban J connectivity index is 2.12. The molecule has 0 radical (unpaired) electrons. The van der Waals surface area contributed by atoms with Crippen molar-refractivity contribution in [2.24, 2.45) is 0 Å². The lowest BCUT2D eigenvalue weighted by Gasteiger charge is -2.22. The van der Waals surface area contributed by atoms with Gasteiger partial charge in [-0.3, -0.25) is 4.79 Å². The van der Waals surface area contributed by atoms with Crippen LogP contribution >= 0.6 is 0 Å². The van der Waals surface area contributed by atoms with Crippen molar-refractivity contribution in [3.05, 3.63) is 35.9 Å². The summed E-state index contributed by atoms with van der Waals surface area (Å²) in [6.45, 7) is 0.472. The number of carbonyl (C=O) groups is 2. The van der Waals surface area contributed by atoms with Crippen LogP contribution in [0.25, 0.3) is 0 Å². The molecule has 1 aliphatic heterocycles. The van der Waals surface area contributed by atoms with E-state index >= 15 is 0 Å². The highest BCUT2D eigenvalue weighted by atomic mass is 16.5. The van der Waals surface area contributed by atoms with Gasteiger partial charge >= 0.3 is 5.97 Å². The van der Waals surface area contributed by atoms with Gasteiger partial charge in [0, 0.05) is 13.0 Å². The Hall–Kier alpha value is -1.84. The van der Waals surface area contributed by atoms with Gasteiger partial charge in [-0.15, -0.1) is 0 Å². The maximum Gasteiger partial charge on any atom is 0.328 e. The number of rotatable bonds is 3. The lowest BCUT2D eigenvalue weighted by atomic mass is 10.2. The van der Waals surface area contributed by atoms with Crippen LogP contribution in [0.5, 0.6) is 0 Å². The van der Waals surface area contributed by atoms with Crippen molar-refractivity contribution in [1.82, 2.24) is 4.90 Å². The minimum absolute atomic E-state index is 0.0178. The summed E-state index contributed by atoms with van der Waals surface area (Å²) in [7, 11) is 1.35. The molecule has 4 nitrogen and oxygen atoms in total.